The zero-order valence-electron chi connectivity index (χ0n) is 19.4. The van der Waals surface area contributed by atoms with Gasteiger partial charge in [0.05, 0.1) is 7.11 Å². The Morgan fingerprint density at radius 2 is 1.97 bits per heavy atom. The summed E-state index contributed by atoms with van der Waals surface area (Å²) in [4.78, 5) is 32.2. The highest BCUT2D eigenvalue weighted by Crippen LogP contribution is 2.39. The first kappa shape index (κ1) is 21.7. The van der Waals surface area contributed by atoms with Crippen LogP contribution in [0.4, 0.5) is 0 Å². The zero-order valence-corrected chi connectivity index (χ0v) is 19.4. The number of carbonyl (C=O) groups excluding carboxylic acids is 2. The Kier molecular flexibility index (Phi) is 6.40. The molecular weight excluding hydrogens is 402 g/mol. The van der Waals surface area contributed by atoms with Crippen molar-refractivity contribution in [1.82, 2.24) is 14.7 Å². The molecule has 4 saturated heterocycles. The lowest BCUT2D eigenvalue weighted by Crippen LogP contribution is -2.62. The Hall–Kier alpha value is -2.08. The number of methoxy groups -OCH3 is 1. The van der Waals surface area contributed by atoms with E-state index in [1.165, 1.54) is 12.8 Å². The minimum absolute atomic E-state index is 0.276. The maximum atomic E-state index is 12.8. The molecule has 32 heavy (non-hydrogen) atoms. The van der Waals surface area contributed by atoms with Crippen molar-refractivity contribution >= 4 is 11.8 Å². The Morgan fingerprint density at radius 1 is 1.12 bits per heavy atom. The van der Waals surface area contributed by atoms with Gasteiger partial charge in [0.25, 0.3) is 0 Å². The minimum atomic E-state index is 0.276. The lowest BCUT2D eigenvalue weighted by atomic mass is 9.75. The van der Waals surface area contributed by atoms with E-state index in [0.29, 0.717) is 36.2 Å². The molecule has 0 N–H and O–H groups in total. The SMILES string of the molecule is COc1cccc(CCC(=O)N2CCC(N3CC4CC(C3)[C@H]3CCCC(=O)N3C4)CC2)c1. The summed E-state index contributed by atoms with van der Waals surface area (Å²) < 4.78 is 5.29. The number of amides is 2. The van der Waals surface area contributed by atoms with Crippen molar-refractivity contribution in [2.45, 2.75) is 63.5 Å². The van der Waals surface area contributed by atoms with Gasteiger partial charge in [0.15, 0.2) is 0 Å². The van der Waals surface area contributed by atoms with Crippen LogP contribution in [-0.4, -0.2) is 78.4 Å². The molecule has 2 amide bonds. The molecular formula is C26H37N3O3. The molecule has 0 aromatic heterocycles. The van der Waals surface area contributed by atoms with E-state index in [1.54, 1.807) is 7.11 Å². The summed E-state index contributed by atoms with van der Waals surface area (Å²) in [5.41, 5.74) is 1.16. The monoisotopic (exact) mass is 439 g/mol. The van der Waals surface area contributed by atoms with Crippen molar-refractivity contribution in [3.63, 3.8) is 0 Å². The van der Waals surface area contributed by atoms with Gasteiger partial charge in [-0.25, -0.2) is 0 Å². The molecule has 6 nitrogen and oxygen atoms in total. The molecule has 4 fully saturated rings. The summed E-state index contributed by atoms with van der Waals surface area (Å²) in [6, 6.07) is 9.08. The second-order valence-corrected chi connectivity index (χ2v) is 10.3. The number of hydrogen-bond donors (Lipinski definition) is 0. The number of piperidine rings is 4. The molecule has 2 bridgehead atoms. The topological polar surface area (TPSA) is 53.1 Å². The van der Waals surface area contributed by atoms with Crippen LogP contribution in [0.25, 0.3) is 0 Å². The number of likely N-dealkylation sites (tertiary alicyclic amines) is 2. The van der Waals surface area contributed by atoms with E-state index >= 15 is 0 Å². The van der Waals surface area contributed by atoms with Gasteiger partial charge in [-0.1, -0.05) is 12.1 Å². The highest BCUT2D eigenvalue weighted by atomic mass is 16.5. The van der Waals surface area contributed by atoms with Gasteiger partial charge in [-0.2, -0.15) is 0 Å². The molecule has 0 radical (unpaired) electrons. The molecule has 174 valence electrons. The van der Waals surface area contributed by atoms with Crippen LogP contribution >= 0.6 is 0 Å². The summed E-state index contributed by atoms with van der Waals surface area (Å²) in [7, 11) is 1.68. The van der Waals surface area contributed by atoms with Crippen molar-refractivity contribution in [2.24, 2.45) is 11.8 Å². The average Bonchev–Trinajstić information content (AvgIpc) is 2.83. The van der Waals surface area contributed by atoms with Crippen molar-refractivity contribution in [3.8, 4) is 5.75 Å². The summed E-state index contributed by atoms with van der Waals surface area (Å²) in [5.74, 6) is 2.80. The molecule has 3 atom stereocenters. The molecule has 4 aliphatic rings. The van der Waals surface area contributed by atoms with E-state index in [2.05, 4.69) is 20.8 Å². The number of fused-ring (bicyclic) bond motifs is 4. The van der Waals surface area contributed by atoms with E-state index in [-0.39, 0.29) is 5.91 Å². The number of benzene rings is 1. The molecule has 2 unspecified atom stereocenters. The van der Waals surface area contributed by atoms with E-state index in [0.717, 1.165) is 76.1 Å². The number of ether oxygens (including phenoxy) is 1. The van der Waals surface area contributed by atoms with Gasteiger partial charge in [-0.15, -0.1) is 0 Å². The number of carbonyl (C=O) groups is 2. The highest BCUT2D eigenvalue weighted by molar-refractivity contribution is 5.77. The molecule has 0 aliphatic carbocycles. The third-order valence-electron chi connectivity index (χ3n) is 8.30. The van der Waals surface area contributed by atoms with Crippen LogP contribution in [0.15, 0.2) is 24.3 Å². The van der Waals surface area contributed by atoms with Gasteiger partial charge >= 0.3 is 0 Å². The third kappa shape index (κ3) is 4.52. The first-order chi connectivity index (χ1) is 15.6. The Morgan fingerprint density at radius 3 is 2.78 bits per heavy atom. The fraction of sp³-hybridized carbons (Fsp3) is 0.692. The molecule has 6 heteroatoms. The van der Waals surface area contributed by atoms with Crippen molar-refractivity contribution in [3.05, 3.63) is 29.8 Å². The highest BCUT2D eigenvalue weighted by Gasteiger charge is 2.45. The summed E-state index contributed by atoms with van der Waals surface area (Å²) in [5, 5.41) is 0. The summed E-state index contributed by atoms with van der Waals surface area (Å²) in [6.07, 6.45) is 7.81. The second kappa shape index (κ2) is 9.42. The van der Waals surface area contributed by atoms with E-state index in [1.807, 2.05) is 18.2 Å². The van der Waals surface area contributed by atoms with Crippen molar-refractivity contribution < 1.29 is 14.3 Å². The molecule has 1 aromatic carbocycles. The average molecular weight is 440 g/mol. The lowest BCUT2D eigenvalue weighted by Gasteiger charge is -2.54. The van der Waals surface area contributed by atoms with Gasteiger partial charge in [0, 0.05) is 57.6 Å². The number of rotatable bonds is 5. The van der Waals surface area contributed by atoms with Crippen molar-refractivity contribution in [2.75, 3.05) is 39.8 Å². The normalized spacial score (nSPS) is 29.0. The number of aryl methyl sites for hydroxylation is 1. The van der Waals surface area contributed by atoms with Gasteiger partial charge in [-0.05, 0) is 68.1 Å². The Balaban J connectivity index is 1.11. The second-order valence-electron chi connectivity index (χ2n) is 10.3. The standard InChI is InChI=1S/C26H37N3O3/c1-32-23-5-2-4-19(15-23)8-9-25(30)27-12-10-22(11-13-27)28-16-20-14-21(18-28)24-6-3-7-26(31)29(24)17-20/h2,4-5,15,20-22,24H,3,6-14,16-18H2,1H3/t20?,21?,24-/m1/s1. The van der Waals surface area contributed by atoms with E-state index in [9.17, 15) is 9.59 Å². The summed E-state index contributed by atoms with van der Waals surface area (Å²) in [6.45, 7) is 4.99. The van der Waals surface area contributed by atoms with Crippen LogP contribution < -0.4 is 4.74 Å². The molecule has 5 rings (SSSR count). The van der Waals surface area contributed by atoms with Crippen LogP contribution in [0, 0.1) is 11.8 Å². The largest absolute Gasteiger partial charge is 0.497 e. The molecule has 4 heterocycles. The van der Waals surface area contributed by atoms with E-state index in [4.69, 9.17) is 4.74 Å². The quantitative estimate of drug-likeness (QED) is 0.708. The number of nitrogens with zero attached hydrogens (tertiary/aromatic N) is 3. The fourth-order valence-electron chi connectivity index (χ4n) is 6.66. The van der Waals surface area contributed by atoms with Crippen LogP contribution in [0.2, 0.25) is 0 Å². The maximum Gasteiger partial charge on any atom is 0.222 e. The van der Waals surface area contributed by atoms with E-state index < -0.39 is 0 Å². The third-order valence-corrected chi connectivity index (χ3v) is 8.30. The van der Waals surface area contributed by atoms with Gasteiger partial charge in [-0.3, -0.25) is 14.5 Å². The lowest BCUT2D eigenvalue weighted by molar-refractivity contribution is -0.146. The predicted molar refractivity (Wildman–Crippen MR) is 123 cm³/mol. The summed E-state index contributed by atoms with van der Waals surface area (Å²) >= 11 is 0. The maximum absolute atomic E-state index is 12.8. The zero-order chi connectivity index (χ0) is 22.1. The van der Waals surface area contributed by atoms with Gasteiger partial charge < -0.3 is 14.5 Å². The molecule has 0 saturated carbocycles. The Bertz CT molecular complexity index is 835. The van der Waals surface area contributed by atoms with Gasteiger partial charge in [0.1, 0.15) is 5.75 Å². The van der Waals surface area contributed by atoms with Gasteiger partial charge in [0.2, 0.25) is 11.8 Å². The fourth-order valence-corrected chi connectivity index (χ4v) is 6.66. The van der Waals surface area contributed by atoms with Crippen LogP contribution in [0.1, 0.15) is 50.5 Å². The predicted octanol–water partition coefficient (Wildman–Crippen LogP) is 2.95. The first-order valence-corrected chi connectivity index (χ1v) is 12.5. The molecule has 4 aliphatic heterocycles. The molecule has 0 spiro atoms. The van der Waals surface area contributed by atoms with Crippen LogP contribution in [0.5, 0.6) is 5.75 Å². The van der Waals surface area contributed by atoms with Crippen molar-refractivity contribution in [1.29, 1.82) is 0 Å². The first-order valence-electron chi connectivity index (χ1n) is 12.5. The van der Waals surface area contributed by atoms with Crippen LogP contribution in [0.3, 0.4) is 0 Å². The number of hydrogen-bond acceptors (Lipinski definition) is 4. The van der Waals surface area contributed by atoms with Crippen LogP contribution in [-0.2, 0) is 16.0 Å². The molecule has 1 aromatic rings. The Labute approximate surface area is 191 Å². The minimum Gasteiger partial charge on any atom is -0.497 e. The smallest absolute Gasteiger partial charge is 0.222 e.